The second-order valence-electron chi connectivity index (χ2n) is 2.56. The monoisotopic (exact) mass is 181 g/mol. The molecule has 0 aliphatic heterocycles. The molecule has 5 heteroatoms. The van der Waals surface area contributed by atoms with Crippen molar-refractivity contribution in [3.05, 3.63) is 12.3 Å². The van der Waals surface area contributed by atoms with Crippen molar-refractivity contribution in [3.8, 4) is 0 Å². The molecule has 1 aromatic rings. The third-order valence-electron chi connectivity index (χ3n) is 1.84. The van der Waals surface area contributed by atoms with E-state index in [0.29, 0.717) is 11.8 Å². The summed E-state index contributed by atoms with van der Waals surface area (Å²) in [4.78, 5) is 10.4. The van der Waals surface area contributed by atoms with E-state index in [9.17, 15) is 0 Å². The molecule has 1 rings (SSSR count). The fourth-order valence-corrected chi connectivity index (χ4v) is 1.09. The molecule has 0 unspecified atom stereocenters. The molecule has 0 atom stereocenters. The Labute approximate surface area is 78.0 Å². The van der Waals surface area contributed by atoms with E-state index in [-0.39, 0.29) is 0 Å². The molecule has 5 nitrogen and oxygen atoms in total. The maximum Gasteiger partial charge on any atom is 0.227 e. The molecule has 0 spiro atoms. The van der Waals surface area contributed by atoms with Crippen molar-refractivity contribution in [2.45, 2.75) is 13.8 Å². The molecule has 0 saturated carbocycles. The van der Waals surface area contributed by atoms with Gasteiger partial charge in [0, 0.05) is 25.4 Å². The maximum atomic E-state index is 5.24. The molecule has 0 saturated heterocycles. The van der Waals surface area contributed by atoms with Crippen LogP contribution in [0.5, 0.6) is 0 Å². The van der Waals surface area contributed by atoms with Crippen molar-refractivity contribution in [1.82, 2.24) is 9.97 Å². The molecule has 0 aromatic carbocycles. The standard InChI is InChI=1S/C8H15N5/c1-3-13(4-2)8-10-6-5-7(11-8)12-9/h5-6H,3-4,9H2,1-2H3,(H,10,11,12). The van der Waals surface area contributed by atoms with Gasteiger partial charge in [-0.3, -0.25) is 0 Å². The van der Waals surface area contributed by atoms with Crippen molar-refractivity contribution < 1.29 is 0 Å². The first-order valence-electron chi connectivity index (χ1n) is 4.36. The van der Waals surface area contributed by atoms with Gasteiger partial charge in [0.15, 0.2) is 0 Å². The fourth-order valence-electron chi connectivity index (χ4n) is 1.09. The summed E-state index contributed by atoms with van der Waals surface area (Å²) in [5, 5.41) is 0. The molecule has 3 N–H and O–H groups in total. The third-order valence-corrected chi connectivity index (χ3v) is 1.84. The lowest BCUT2D eigenvalue weighted by molar-refractivity contribution is 0.821. The van der Waals surface area contributed by atoms with Crippen LogP contribution in [0.15, 0.2) is 12.3 Å². The van der Waals surface area contributed by atoms with Crippen LogP contribution in [0.3, 0.4) is 0 Å². The Balaban J connectivity index is 2.86. The Kier molecular flexibility index (Phi) is 3.45. The van der Waals surface area contributed by atoms with Gasteiger partial charge in [-0.15, -0.1) is 0 Å². The summed E-state index contributed by atoms with van der Waals surface area (Å²) in [6.45, 7) is 5.92. The summed E-state index contributed by atoms with van der Waals surface area (Å²) >= 11 is 0. The summed E-state index contributed by atoms with van der Waals surface area (Å²) in [5.41, 5.74) is 2.49. The van der Waals surface area contributed by atoms with E-state index in [2.05, 4.69) is 34.1 Å². The van der Waals surface area contributed by atoms with E-state index >= 15 is 0 Å². The topological polar surface area (TPSA) is 67.1 Å². The van der Waals surface area contributed by atoms with Gasteiger partial charge in [0.1, 0.15) is 5.82 Å². The van der Waals surface area contributed by atoms with E-state index in [1.54, 1.807) is 12.3 Å². The number of hydrogen-bond acceptors (Lipinski definition) is 5. The highest BCUT2D eigenvalue weighted by Crippen LogP contribution is 2.08. The van der Waals surface area contributed by atoms with Crippen LogP contribution in [0.4, 0.5) is 11.8 Å². The quantitative estimate of drug-likeness (QED) is 0.526. The van der Waals surface area contributed by atoms with Crippen molar-refractivity contribution in [1.29, 1.82) is 0 Å². The molecule has 0 fully saturated rings. The van der Waals surface area contributed by atoms with E-state index in [4.69, 9.17) is 5.84 Å². The lowest BCUT2D eigenvalue weighted by Gasteiger charge is -2.18. The minimum Gasteiger partial charge on any atom is -0.341 e. The van der Waals surface area contributed by atoms with Crippen molar-refractivity contribution in [3.63, 3.8) is 0 Å². The highest BCUT2D eigenvalue weighted by molar-refractivity contribution is 5.39. The first-order chi connectivity index (χ1) is 6.31. The number of nitrogen functional groups attached to an aromatic ring is 1. The number of nitrogens with two attached hydrogens (primary N) is 1. The summed E-state index contributed by atoms with van der Waals surface area (Å²) in [7, 11) is 0. The van der Waals surface area contributed by atoms with Gasteiger partial charge >= 0.3 is 0 Å². The van der Waals surface area contributed by atoms with E-state index in [1.165, 1.54) is 0 Å². The second-order valence-corrected chi connectivity index (χ2v) is 2.56. The molecule has 1 aromatic heterocycles. The first-order valence-corrected chi connectivity index (χ1v) is 4.36. The molecule has 0 amide bonds. The van der Waals surface area contributed by atoms with Gasteiger partial charge < -0.3 is 10.3 Å². The zero-order valence-corrected chi connectivity index (χ0v) is 7.99. The zero-order valence-electron chi connectivity index (χ0n) is 7.99. The summed E-state index contributed by atoms with van der Waals surface area (Å²) in [6, 6.07) is 1.73. The van der Waals surface area contributed by atoms with E-state index < -0.39 is 0 Å². The van der Waals surface area contributed by atoms with Gasteiger partial charge in [-0.2, -0.15) is 4.98 Å². The smallest absolute Gasteiger partial charge is 0.227 e. The molecule has 0 radical (unpaired) electrons. The van der Waals surface area contributed by atoms with Crippen LogP contribution in [0.1, 0.15) is 13.8 Å². The molecule has 13 heavy (non-hydrogen) atoms. The zero-order chi connectivity index (χ0) is 9.68. The number of aromatic nitrogens is 2. The molecule has 0 bridgehead atoms. The minimum absolute atomic E-state index is 0.636. The van der Waals surface area contributed by atoms with Crippen LogP contribution in [-0.4, -0.2) is 23.1 Å². The highest BCUT2D eigenvalue weighted by atomic mass is 15.3. The Morgan fingerprint density at radius 2 is 2.15 bits per heavy atom. The minimum atomic E-state index is 0.636. The number of hydrogen-bond donors (Lipinski definition) is 2. The maximum absolute atomic E-state index is 5.24. The second kappa shape index (κ2) is 4.61. The normalized spacial score (nSPS) is 9.77. The largest absolute Gasteiger partial charge is 0.341 e. The Bertz CT molecular complexity index is 258. The predicted octanol–water partition coefficient (Wildman–Crippen LogP) is 0.608. The van der Waals surface area contributed by atoms with Crippen molar-refractivity contribution >= 4 is 11.8 Å². The van der Waals surface area contributed by atoms with E-state index in [0.717, 1.165) is 13.1 Å². The van der Waals surface area contributed by atoms with Crippen molar-refractivity contribution in [2.24, 2.45) is 5.84 Å². The van der Waals surface area contributed by atoms with Gasteiger partial charge in [0.2, 0.25) is 5.95 Å². The molecule has 0 aliphatic carbocycles. The van der Waals surface area contributed by atoms with Gasteiger partial charge in [-0.1, -0.05) is 0 Å². The lowest BCUT2D eigenvalue weighted by atomic mass is 10.5. The Morgan fingerprint density at radius 1 is 1.46 bits per heavy atom. The fraction of sp³-hybridized carbons (Fsp3) is 0.500. The Morgan fingerprint density at radius 3 is 2.69 bits per heavy atom. The van der Waals surface area contributed by atoms with Gasteiger partial charge in [0.05, 0.1) is 0 Å². The van der Waals surface area contributed by atoms with Gasteiger partial charge in [-0.25, -0.2) is 10.8 Å². The average Bonchev–Trinajstić information content (AvgIpc) is 2.20. The van der Waals surface area contributed by atoms with Crippen LogP contribution in [0.2, 0.25) is 0 Å². The summed E-state index contributed by atoms with van der Waals surface area (Å²) in [6.07, 6.45) is 1.69. The molecular formula is C8H15N5. The number of nitrogens with one attached hydrogen (secondary N) is 1. The third kappa shape index (κ3) is 2.29. The molecule has 72 valence electrons. The van der Waals surface area contributed by atoms with Gasteiger partial charge in [0.25, 0.3) is 0 Å². The number of hydrazine groups is 1. The average molecular weight is 181 g/mol. The number of anilines is 2. The molecule has 0 aliphatic rings. The Hall–Kier alpha value is -1.36. The first kappa shape index (κ1) is 9.73. The summed E-state index contributed by atoms with van der Waals surface area (Å²) in [5.74, 6) is 6.59. The molecule has 1 heterocycles. The molecular weight excluding hydrogens is 166 g/mol. The predicted molar refractivity (Wildman–Crippen MR) is 53.4 cm³/mol. The van der Waals surface area contributed by atoms with Gasteiger partial charge in [-0.05, 0) is 13.8 Å². The SMILES string of the molecule is CCN(CC)c1nccc(NN)n1. The van der Waals surface area contributed by atoms with Crippen molar-refractivity contribution in [2.75, 3.05) is 23.4 Å². The number of nitrogens with zero attached hydrogens (tertiary/aromatic N) is 3. The van der Waals surface area contributed by atoms with Crippen LogP contribution in [-0.2, 0) is 0 Å². The van der Waals surface area contributed by atoms with Crippen LogP contribution in [0, 0.1) is 0 Å². The summed E-state index contributed by atoms with van der Waals surface area (Å²) < 4.78 is 0. The number of rotatable bonds is 4. The van der Waals surface area contributed by atoms with Crippen LogP contribution >= 0.6 is 0 Å². The van der Waals surface area contributed by atoms with Crippen LogP contribution < -0.4 is 16.2 Å². The lowest BCUT2D eigenvalue weighted by Crippen LogP contribution is -2.24. The van der Waals surface area contributed by atoms with E-state index in [1.807, 2.05) is 0 Å². The highest BCUT2D eigenvalue weighted by Gasteiger charge is 2.04. The van der Waals surface area contributed by atoms with Crippen LogP contribution in [0.25, 0.3) is 0 Å².